The lowest BCUT2D eigenvalue weighted by molar-refractivity contribution is -0.142. The minimum atomic E-state index is -0.152. The first-order chi connectivity index (χ1) is 11.0. The molecule has 0 unspecified atom stereocenters. The molecule has 6 heteroatoms. The van der Waals surface area contributed by atoms with E-state index in [1.165, 1.54) is 7.11 Å². The highest BCUT2D eigenvalue weighted by molar-refractivity contribution is 9.10. The topological polar surface area (TPSA) is 48.0 Å². The van der Waals surface area contributed by atoms with Gasteiger partial charge in [-0.05, 0) is 59.6 Å². The normalized spacial score (nSPS) is 21.8. The number of methoxy groups -OCH3 is 3. The van der Waals surface area contributed by atoms with E-state index in [0.29, 0.717) is 6.42 Å². The highest BCUT2D eigenvalue weighted by Gasteiger charge is 2.32. The van der Waals surface area contributed by atoms with E-state index in [1.54, 1.807) is 14.2 Å². The Morgan fingerprint density at radius 3 is 2.39 bits per heavy atom. The Kier molecular flexibility index (Phi) is 6.30. The monoisotopic (exact) mass is 385 g/mol. The second-order valence-corrected chi connectivity index (χ2v) is 6.73. The van der Waals surface area contributed by atoms with Crippen LogP contribution < -0.4 is 9.47 Å². The van der Waals surface area contributed by atoms with Gasteiger partial charge in [-0.25, -0.2) is 0 Å². The number of benzene rings is 1. The van der Waals surface area contributed by atoms with E-state index < -0.39 is 0 Å². The number of ether oxygens (including phenoxy) is 3. The van der Waals surface area contributed by atoms with Crippen LogP contribution in [-0.4, -0.2) is 52.3 Å². The number of piperidine rings is 1. The van der Waals surface area contributed by atoms with Gasteiger partial charge in [0, 0.05) is 18.9 Å². The molecule has 1 aromatic rings. The lowest BCUT2D eigenvalue weighted by Crippen LogP contribution is -2.37. The van der Waals surface area contributed by atoms with Crippen molar-refractivity contribution in [2.45, 2.75) is 18.8 Å². The smallest absolute Gasteiger partial charge is 0.305 e. The summed E-state index contributed by atoms with van der Waals surface area (Å²) in [6.45, 7) is 1.89. The maximum atomic E-state index is 11.7. The van der Waals surface area contributed by atoms with E-state index in [9.17, 15) is 4.79 Å². The third kappa shape index (κ3) is 4.18. The fraction of sp³-hybridized carbons (Fsp3) is 0.588. The van der Waals surface area contributed by atoms with E-state index in [4.69, 9.17) is 14.2 Å². The Hall–Kier alpha value is -1.27. The van der Waals surface area contributed by atoms with Gasteiger partial charge in [-0.15, -0.1) is 0 Å². The Balaban J connectivity index is 2.36. The van der Waals surface area contributed by atoms with E-state index in [0.717, 1.165) is 41.0 Å². The molecule has 0 aliphatic carbocycles. The van der Waals surface area contributed by atoms with Gasteiger partial charge in [-0.1, -0.05) is 0 Å². The number of esters is 1. The van der Waals surface area contributed by atoms with E-state index in [-0.39, 0.29) is 17.8 Å². The second kappa shape index (κ2) is 8.02. The predicted molar refractivity (Wildman–Crippen MR) is 92.2 cm³/mol. The van der Waals surface area contributed by atoms with Crippen LogP contribution in [0.1, 0.15) is 24.3 Å². The Morgan fingerprint density at radius 2 is 1.87 bits per heavy atom. The highest BCUT2D eigenvalue weighted by atomic mass is 79.9. The van der Waals surface area contributed by atoms with Gasteiger partial charge in [-0.3, -0.25) is 4.79 Å². The molecule has 0 amide bonds. The maximum absolute atomic E-state index is 11.7. The van der Waals surface area contributed by atoms with Gasteiger partial charge in [0.25, 0.3) is 0 Å². The molecule has 23 heavy (non-hydrogen) atoms. The van der Waals surface area contributed by atoms with Crippen LogP contribution in [0.5, 0.6) is 11.5 Å². The first-order valence-corrected chi connectivity index (χ1v) is 8.46. The molecule has 0 radical (unpaired) electrons. The lowest BCUT2D eigenvalue weighted by atomic mass is 9.79. The van der Waals surface area contributed by atoms with Gasteiger partial charge in [0.2, 0.25) is 0 Å². The molecule has 1 aliphatic heterocycles. The van der Waals surface area contributed by atoms with Crippen LogP contribution in [0.2, 0.25) is 0 Å². The number of likely N-dealkylation sites (tertiary alicyclic amines) is 1. The zero-order valence-corrected chi connectivity index (χ0v) is 15.7. The van der Waals surface area contributed by atoms with Crippen molar-refractivity contribution in [1.82, 2.24) is 4.90 Å². The molecular formula is C17H24BrNO4. The van der Waals surface area contributed by atoms with Crippen LogP contribution in [0, 0.1) is 5.92 Å². The van der Waals surface area contributed by atoms with E-state index in [1.807, 2.05) is 12.1 Å². The summed E-state index contributed by atoms with van der Waals surface area (Å²) in [4.78, 5) is 14.0. The summed E-state index contributed by atoms with van der Waals surface area (Å²) in [5.74, 6) is 1.83. The summed E-state index contributed by atoms with van der Waals surface area (Å²) < 4.78 is 16.6. The molecule has 5 nitrogen and oxygen atoms in total. The molecular weight excluding hydrogens is 362 g/mol. The van der Waals surface area contributed by atoms with Crippen molar-refractivity contribution in [3.63, 3.8) is 0 Å². The van der Waals surface area contributed by atoms with Crippen LogP contribution in [0.25, 0.3) is 0 Å². The Morgan fingerprint density at radius 1 is 1.26 bits per heavy atom. The summed E-state index contributed by atoms with van der Waals surface area (Å²) in [7, 11) is 6.83. The minimum absolute atomic E-state index is 0.152. The van der Waals surface area contributed by atoms with Crippen molar-refractivity contribution in [2.24, 2.45) is 5.92 Å². The maximum Gasteiger partial charge on any atom is 0.305 e. The molecule has 1 aliphatic rings. The Labute approximate surface area is 146 Å². The number of likely N-dealkylation sites (N-methyl/N-ethyl adjacent to an activating group) is 1. The summed E-state index contributed by atoms with van der Waals surface area (Å²) in [5.41, 5.74) is 1.13. The van der Waals surface area contributed by atoms with Gasteiger partial charge in [0.15, 0.2) is 0 Å². The molecule has 0 saturated carbocycles. The van der Waals surface area contributed by atoms with Crippen LogP contribution >= 0.6 is 15.9 Å². The van der Waals surface area contributed by atoms with Crippen LogP contribution in [-0.2, 0) is 9.53 Å². The lowest BCUT2D eigenvalue weighted by Gasteiger charge is -2.37. The predicted octanol–water partition coefficient (Wildman–Crippen LogP) is 3.06. The zero-order valence-electron chi connectivity index (χ0n) is 14.1. The molecule has 2 rings (SSSR count). The van der Waals surface area contributed by atoms with Crippen molar-refractivity contribution < 1.29 is 19.0 Å². The molecule has 0 N–H and O–H groups in total. The van der Waals surface area contributed by atoms with Crippen LogP contribution in [0.3, 0.4) is 0 Å². The first-order valence-electron chi connectivity index (χ1n) is 7.66. The molecule has 2 atom stereocenters. The molecule has 1 saturated heterocycles. The van der Waals surface area contributed by atoms with E-state index >= 15 is 0 Å². The van der Waals surface area contributed by atoms with Gasteiger partial charge >= 0.3 is 5.97 Å². The van der Waals surface area contributed by atoms with Crippen molar-refractivity contribution in [3.8, 4) is 11.5 Å². The fourth-order valence-corrected chi connectivity index (χ4v) is 3.74. The SMILES string of the molecule is COC(=O)C[C@H]1CCN(C)C[C@@H]1c1cc(OC)c(Br)c(OC)c1. The number of nitrogens with zero attached hydrogens (tertiary/aromatic N) is 1. The van der Waals surface area contributed by atoms with Crippen molar-refractivity contribution in [2.75, 3.05) is 41.5 Å². The van der Waals surface area contributed by atoms with Gasteiger partial charge in [0.05, 0.1) is 21.3 Å². The minimum Gasteiger partial charge on any atom is -0.495 e. The number of hydrogen-bond donors (Lipinski definition) is 0. The summed E-state index contributed by atoms with van der Waals surface area (Å²) in [6.07, 6.45) is 1.41. The average molecular weight is 386 g/mol. The largest absolute Gasteiger partial charge is 0.495 e. The van der Waals surface area contributed by atoms with Crippen LogP contribution in [0.15, 0.2) is 16.6 Å². The fourth-order valence-electron chi connectivity index (χ4n) is 3.19. The van der Waals surface area contributed by atoms with Crippen LogP contribution in [0.4, 0.5) is 0 Å². The third-order valence-corrected chi connectivity index (χ3v) is 5.29. The summed E-state index contributed by atoms with van der Waals surface area (Å²) in [6, 6.07) is 4.06. The third-order valence-electron chi connectivity index (χ3n) is 4.51. The molecule has 1 fully saturated rings. The number of halogens is 1. The van der Waals surface area contributed by atoms with Gasteiger partial charge in [-0.2, -0.15) is 0 Å². The molecule has 0 spiro atoms. The first kappa shape index (κ1) is 18.1. The molecule has 1 heterocycles. The standard InChI is InChI=1S/C17H24BrNO4/c1-19-6-5-11(9-16(20)23-4)13(10-19)12-7-14(21-2)17(18)15(8-12)22-3/h7-8,11,13H,5-6,9-10H2,1-4H3/t11-,13+/m1/s1. The number of hydrogen-bond acceptors (Lipinski definition) is 5. The molecule has 128 valence electrons. The number of carbonyl (C=O) groups is 1. The van der Waals surface area contributed by atoms with Crippen molar-refractivity contribution >= 4 is 21.9 Å². The molecule has 0 bridgehead atoms. The van der Waals surface area contributed by atoms with Gasteiger partial charge < -0.3 is 19.1 Å². The Bertz CT molecular complexity index is 539. The highest BCUT2D eigenvalue weighted by Crippen LogP contribution is 2.42. The second-order valence-electron chi connectivity index (χ2n) is 5.94. The van der Waals surface area contributed by atoms with Gasteiger partial charge in [0.1, 0.15) is 16.0 Å². The summed E-state index contributed by atoms with van der Waals surface area (Å²) >= 11 is 3.50. The number of rotatable bonds is 5. The zero-order chi connectivity index (χ0) is 17.0. The molecule has 0 aromatic heterocycles. The average Bonchev–Trinajstić information content (AvgIpc) is 2.56. The molecule has 1 aromatic carbocycles. The summed E-state index contributed by atoms with van der Waals surface area (Å²) in [5, 5.41) is 0. The van der Waals surface area contributed by atoms with E-state index in [2.05, 4.69) is 27.9 Å². The van der Waals surface area contributed by atoms with Crippen molar-refractivity contribution in [1.29, 1.82) is 0 Å². The number of carbonyl (C=O) groups excluding carboxylic acids is 1. The van der Waals surface area contributed by atoms with Crippen molar-refractivity contribution in [3.05, 3.63) is 22.2 Å². The quantitative estimate of drug-likeness (QED) is 0.728.